The second-order valence-corrected chi connectivity index (χ2v) is 6.74. The Morgan fingerprint density at radius 2 is 2.04 bits per heavy atom. The van der Waals surface area contributed by atoms with E-state index in [2.05, 4.69) is 15.3 Å². The number of anilines is 1. The molecule has 0 bridgehead atoms. The van der Waals surface area contributed by atoms with Crippen LogP contribution in [0, 0.1) is 0 Å². The Hall–Kier alpha value is -2.61. The molecule has 0 radical (unpaired) electrons. The third kappa shape index (κ3) is 4.69. The summed E-state index contributed by atoms with van der Waals surface area (Å²) in [6, 6.07) is 9.43. The van der Waals surface area contributed by atoms with Crippen LogP contribution < -0.4 is 15.0 Å². The molecule has 1 unspecified atom stereocenters. The number of hydrogen-bond donors (Lipinski definition) is 1. The molecule has 1 saturated heterocycles. The van der Waals surface area contributed by atoms with E-state index < -0.39 is 0 Å². The Kier molecular flexibility index (Phi) is 5.49. The van der Waals surface area contributed by atoms with Crippen molar-refractivity contribution in [1.82, 2.24) is 15.3 Å². The zero-order chi connectivity index (χ0) is 17.6. The zero-order valence-corrected chi connectivity index (χ0v) is 14.5. The van der Waals surface area contributed by atoms with E-state index in [9.17, 15) is 9.59 Å². The van der Waals surface area contributed by atoms with Gasteiger partial charge in [0.25, 0.3) is 5.24 Å². The van der Waals surface area contributed by atoms with Crippen LogP contribution >= 0.6 is 11.8 Å². The van der Waals surface area contributed by atoms with Gasteiger partial charge in [-0.1, -0.05) is 23.9 Å². The number of carbonyl (C=O) groups excluding carboxylic acids is 2. The normalized spacial score (nSPS) is 16.6. The maximum absolute atomic E-state index is 11.6. The smallest absolute Gasteiger partial charge is 0.286 e. The number of hydrogen-bond acceptors (Lipinski definition) is 7. The standard InChI is InChI=1S/C17H18N4O3S/c1-21(15-6-7-18-11-19-15)8-9-24-13-4-2-12(3-5-13)10-14-16(22)20-17(23)25-14/h2-7,11,14H,8-10H2,1H3,(H,20,22,23). The summed E-state index contributed by atoms with van der Waals surface area (Å²) in [5.41, 5.74) is 0.993. The van der Waals surface area contributed by atoms with Gasteiger partial charge in [0.05, 0.1) is 11.8 Å². The summed E-state index contributed by atoms with van der Waals surface area (Å²) in [4.78, 5) is 32.8. The number of nitrogens with one attached hydrogen (secondary N) is 1. The largest absolute Gasteiger partial charge is 0.492 e. The first-order valence-electron chi connectivity index (χ1n) is 7.82. The van der Waals surface area contributed by atoms with Crippen LogP contribution in [0.5, 0.6) is 5.75 Å². The molecule has 1 N–H and O–H groups in total. The minimum absolute atomic E-state index is 0.219. The molecule has 2 aromatic rings. The zero-order valence-electron chi connectivity index (χ0n) is 13.7. The molecule has 2 amide bonds. The minimum Gasteiger partial charge on any atom is -0.492 e. The lowest BCUT2D eigenvalue weighted by atomic mass is 10.1. The number of rotatable bonds is 7. The molecule has 25 heavy (non-hydrogen) atoms. The molecule has 1 aliphatic heterocycles. The van der Waals surface area contributed by atoms with E-state index in [1.807, 2.05) is 42.3 Å². The van der Waals surface area contributed by atoms with Crippen LogP contribution in [0.1, 0.15) is 5.56 Å². The van der Waals surface area contributed by atoms with Gasteiger partial charge in [-0.3, -0.25) is 14.9 Å². The summed E-state index contributed by atoms with van der Waals surface area (Å²) >= 11 is 1.04. The Morgan fingerprint density at radius 1 is 1.24 bits per heavy atom. The second kappa shape index (κ2) is 7.98. The van der Waals surface area contributed by atoms with Crippen LogP contribution in [0.2, 0.25) is 0 Å². The van der Waals surface area contributed by atoms with Crippen molar-refractivity contribution in [2.45, 2.75) is 11.7 Å². The maximum Gasteiger partial charge on any atom is 0.286 e. The SMILES string of the molecule is CN(CCOc1ccc(CC2SC(=O)NC2=O)cc1)c1ccncn1. The van der Waals surface area contributed by atoms with E-state index in [4.69, 9.17) is 4.74 Å². The highest BCUT2D eigenvalue weighted by molar-refractivity contribution is 8.15. The summed E-state index contributed by atoms with van der Waals surface area (Å²) in [5, 5.41) is 1.68. The third-order valence-electron chi connectivity index (χ3n) is 3.76. The van der Waals surface area contributed by atoms with Gasteiger partial charge in [-0.15, -0.1) is 0 Å². The minimum atomic E-state index is -0.346. The first kappa shape index (κ1) is 17.2. The van der Waals surface area contributed by atoms with Gasteiger partial charge in [-0.05, 0) is 30.2 Å². The van der Waals surface area contributed by atoms with Crippen molar-refractivity contribution >= 4 is 28.7 Å². The van der Waals surface area contributed by atoms with Crippen LogP contribution in [0.4, 0.5) is 10.6 Å². The summed E-state index contributed by atoms with van der Waals surface area (Å²) in [6.45, 7) is 1.22. The van der Waals surface area contributed by atoms with Gasteiger partial charge in [-0.25, -0.2) is 9.97 Å². The molecule has 1 aromatic carbocycles. The van der Waals surface area contributed by atoms with Gasteiger partial charge < -0.3 is 9.64 Å². The van der Waals surface area contributed by atoms with Crippen molar-refractivity contribution in [1.29, 1.82) is 0 Å². The molecule has 3 rings (SSSR count). The number of aromatic nitrogens is 2. The van der Waals surface area contributed by atoms with Crippen LogP contribution in [0.15, 0.2) is 42.9 Å². The number of nitrogens with zero attached hydrogens (tertiary/aromatic N) is 3. The fraction of sp³-hybridized carbons (Fsp3) is 0.294. The number of imide groups is 1. The van der Waals surface area contributed by atoms with Crippen molar-refractivity contribution < 1.29 is 14.3 Å². The lowest BCUT2D eigenvalue weighted by Crippen LogP contribution is -2.25. The molecular weight excluding hydrogens is 340 g/mol. The fourth-order valence-corrected chi connectivity index (χ4v) is 3.25. The lowest BCUT2D eigenvalue weighted by molar-refractivity contribution is -0.118. The predicted octanol–water partition coefficient (Wildman–Crippen LogP) is 1.89. The van der Waals surface area contributed by atoms with Gasteiger partial charge in [-0.2, -0.15) is 0 Å². The van der Waals surface area contributed by atoms with E-state index in [1.54, 1.807) is 6.20 Å². The maximum atomic E-state index is 11.6. The molecular formula is C17H18N4O3S. The quantitative estimate of drug-likeness (QED) is 0.809. The molecule has 130 valence electrons. The van der Waals surface area contributed by atoms with Crippen LogP contribution in [-0.2, 0) is 11.2 Å². The second-order valence-electron chi connectivity index (χ2n) is 5.57. The molecule has 8 heteroatoms. The van der Waals surface area contributed by atoms with E-state index in [0.29, 0.717) is 19.6 Å². The van der Waals surface area contributed by atoms with Crippen LogP contribution in [0.25, 0.3) is 0 Å². The topological polar surface area (TPSA) is 84.4 Å². The monoisotopic (exact) mass is 358 g/mol. The Bertz CT molecular complexity index is 739. The molecule has 2 heterocycles. The highest BCUT2D eigenvalue weighted by atomic mass is 32.2. The van der Waals surface area contributed by atoms with Crippen molar-refractivity contribution in [3.63, 3.8) is 0 Å². The molecule has 1 atom stereocenters. The summed E-state index contributed by atoms with van der Waals surface area (Å²) in [5.74, 6) is 1.39. The number of thioether (sulfide) groups is 1. The summed E-state index contributed by atoms with van der Waals surface area (Å²) in [7, 11) is 1.94. The highest BCUT2D eigenvalue weighted by Crippen LogP contribution is 2.23. The third-order valence-corrected chi connectivity index (χ3v) is 4.75. The number of carbonyl (C=O) groups is 2. The van der Waals surface area contributed by atoms with Crippen LogP contribution in [-0.4, -0.2) is 46.6 Å². The van der Waals surface area contributed by atoms with E-state index in [0.717, 1.165) is 28.9 Å². The average Bonchev–Trinajstić information content (AvgIpc) is 2.94. The van der Waals surface area contributed by atoms with Gasteiger partial charge in [0.15, 0.2) is 0 Å². The predicted molar refractivity (Wildman–Crippen MR) is 95.9 cm³/mol. The Morgan fingerprint density at radius 3 is 2.68 bits per heavy atom. The molecule has 1 aliphatic rings. The molecule has 1 fully saturated rings. The number of benzene rings is 1. The Balaban J connectivity index is 1.46. The van der Waals surface area contributed by atoms with Crippen LogP contribution in [0.3, 0.4) is 0 Å². The first-order valence-corrected chi connectivity index (χ1v) is 8.70. The number of ether oxygens (including phenoxy) is 1. The average molecular weight is 358 g/mol. The van der Waals surface area contributed by atoms with E-state index in [-0.39, 0.29) is 16.4 Å². The first-order chi connectivity index (χ1) is 12.1. The summed E-state index contributed by atoms with van der Waals surface area (Å²) in [6.07, 6.45) is 3.75. The van der Waals surface area contributed by atoms with E-state index in [1.165, 1.54) is 6.33 Å². The van der Waals surface area contributed by atoms with Crippen molar-refractivity contribution in [3.05, 3.63) is 48.4 Å². The lowest BCUT2D eigenvalue weighted by Gasteiger charge is -2.18. The van der Waals surface area contributed by atoms with Gasteiger partial charge in [0, 0.05) is 13.2 Å². The molecule has 0 spiro atoms. The molecule has 7 nitrogen and oxygen atoms in total. The van der Waals surface area contributed by atoms with Gasteiger partial charge in [0.2, 0.25) is 5.91 Å². The fourth-order valence-electron chi connectivity index (χ4n) is 2.39. The summed E-state index contributed by atoms with van der Waals surface area (Å²) < 4.78 is 5.74. The van der Waals surface area contributed by atoms with Crippen molar-refractivity contribution in [2.24, 2.45) is 0 Å². The highest BCUT2D eigenvalue weighted by Gasteiger charge is 2.31. The molecule has 0 saturated carbocycles. The number of amides is 2. The Labute approximate surface area is 149 Å². The number of likely N-dealkylation sites (N-methyl/N-ethyl adjacent to an activating group) is 1. The van der Waals surface area contributed by atoms with E-state index >= 15 is 0 Å². The molecule has 0 aliphatic carbocycles. The van der Waals surface area contributed by atoms with Gasteiger partial charge in [0.1, 0.15) is 24.5 Å². The van der Waals surface area contributed by atoms with Gasteiger partial charge >= 0.3 is 0 Å². The van der Waals surface area contributed by atoms with Crippen molar-refractivity contribution in [2.75, 3.05) is 25.1 Å². The van der Waals surface area contributed by atoms with Crippen molar-refractivity contribution in [3.8, 4) is 5.75 Å². The molecule has 1 aromatic heterocycles.